The van der Waals surface area contributed by atoms with E-state index < -0.39 is 12.0 Å². The Kier molecular flexibility index (Phi) is 6.39. The van der Waals surface area contributed by atoms with E-state index in [0.717, 1.165) is 5.56 Å². The van der Waals surface area contributed by atoms with Crippen molar-refractivity contribution in [2.75, 3.05) is 5.32 Å². The van der Waals surface area contributed by atoms with E-state index in [1.165, 1.54) is 6.92 Å². The summed E-state index contributed by atoms with van der Waals surface area (Å²) in [6.07, 6.45) is 1.19. The fraction of sp³-hybridized carbons (Fsp3) is 0.400. The van der Waals surface area contributed by atoms with Gasteiger partial charge in [0.15, 0.2) is 0 Å². The maximum absolute atomic E-state index is 11.8. The predicted octanol–water partition coefficient (Wildman–Crippen LogP) is 1.56. The van der Waals surface area contributed by atoms with E-state index in [4.69, 9.17) is 5.11 Å². The van der Waals surface area contributed by atoms with Crippen LogP contribution in [0.3, 0.4) is 0 Å². The summed E-state index contributed by atoms with van der Waals surface area (Å²) < 4.78 is 0. The third kappa shape index (κ3) is 6.07. The Bertz CT molecular complexity index is 511. The highest BCUT2D eigenvalue weighted by molar-refractivity contribution is 5.89. The average Bonchev–Trinajstić information content (AvgIpc) is 2.40. The normalized spacial score (nSPS) is 11.5. The Morgan fingerprint density at radius 1 is 1.19 bits per heavy atom. The zero-order valence-electron chi connectivity index (χ0n) is 12.2. The zero-order valence-corrected chi connectivity index (χ0v) is 12.2. The largest absolute Gasteiger partial charge is 0.480 e. The van der Waals surface area contributed by atoms with Crippen molar-refractivity contribution >= 4 is 23.5 Å². The monoisotopic (exact) mass is 292 g/mol. The van der Waals surface area contributed by atoms with Gasteiger partial charge in [0, 0.05) is 12.6 Å². The molecular weight excluding hydrogens is 272 g/mol. The molecule has 114 valence electrons. The van der Waals surface area contributed by atoms with Crippen molar-refractivity contribution < 1.29 is 19.5 Å². The van der Waals surface area contributed by atoms with Gasteiger partial charge in [0.25, 0.3) is 0 Å². The number of carbonyl (C=O) groups is 3. The van der Waals surface area contributed by atoms with Crippen LogP contribution < -0.4 is 10.6 Å². The van der Waals surface area contributed by atoms with Gasteiger partial charge in [-0.2, -0.15) is 0 Å². The van der Waals surface area contributed by atoms with Crippen molar-refractivity contribution in [1.82, 2.24) is 5.32 Å². The van der Waals surface area contributed by atoms with Gasteiger partial charge in [-0.25, -0.2) is 4.79 Å². The molecule has 6 nitrogen and oxygen atoms in total. The molecule has 6 heteroatoms. The predicted molar refractivity (Wildman–Crippen MR) is 78.9 cm³/mol. The van der Waals surface area contributed by atoms with E-state index in [-0.39, 0.29) is 18.2 Å². The number of benzene rings is 1. The van der Waals surface area contributed by atoms with Gasteiger partial charge in [-0.05, 0) is 24.1 Å². The van der Waals surface area contributed by atoms with Crippen LogP contribution in [0.4, 0.5) is 5.69 Å². The lowest BCUT2D eigenvalue weighted by atomic mass is 10.1. The van der Waals surface area contributed by atoms with Crippen LogP contribution in [0.2, 0.25) is 0 Å². The van der Waals surface area contributed by atoms with Crippen LogP contribution in [-0.4, -0.2) is 28.9 Å². The summed E-state index contributed by atoms with van der Waals surface area (Å²) >= 11 is 0. The van der Waals surface area contributed by atoms with Crippen molar-refractivity contribution in [3.8, 4) is 0 Å². The summed E-state index contributed by atoms with van der Waals surface area (Å²) in [5, 5.41) is 14.1. The van der Waals surface area contributed by atoms with Crippen LogP contribution in [0.15, 0.2) is 24.3 Å². The minimum Gasteiger partial charge on any atom is -0.480 e. The van der Waals surface area contributed by atoms with Crippen molar-refractivity contribution in [1.29, 1.82) is 0 Å². The van der Waals surface area contributed by atoms with Gasteiger partial charge in [0.2, 0.25) is 11.8 Å². The summed E-state index contributed by atoms with van der Waals surface area (Å²) in [4.78, 5) is 33.7. The molecule has 0 bridgehead atoms. The highest BCUT2D eigenvalue weighted by Crippen LogP contribution is 2.10. The van der Waals surface area contributed by atoms with Gasteiger partial charge in [0.1, 0.15) is 6.04 Å². The Labute approximate surface area is 123 Å². The molecule has 1 atom stereocenters. The summed E-state index contributed by atoms with van der Waals surface area (Å²) in [5.41, 5.74) is 1.41. The van der Waals surface area contributed by atoms with E-state index in [0.29, 0.717) is 18.5 Å². The third-order valence-corrected chi connectivity index (χ3v) is 2.85. The van der Waals surface area contributed by atoms with E-state index in [1.54, 1.807) is 24.3 Å². The van der Waals surface area contributed by atoms with Gasteiger partial charge in [-0.1, -0.05) is 25.5 Å². The Morgan fingerprint density at radius 2 is 1.81 bits per heavy atom. The molecule has 0 fully saturated rings. The highest BCUT2D eigenvalue weighted by Gasteiger charge is 2.18. The molecule has 3 N–H and O–H groups in total. The number of hydrogen-bond donors (Lipinski definition) is 3. The number of anilines is 1. The van der Waals surface area contributed by atoms with E-state index in [2.05, 4.69) is 10.6 Å². The minimum atomic E-state index is -1.02. The topological polar surface area (TPSA) is 95.5 Å². The lowest BCUT2D eigenvalue weighted by Crippen LogP contribution is -2.41. The molecule has 0 saturated heterocycles. The van der Waals surface area contributed by atoms with Crippen molar-refractivity contribution in [3.63, 3.8) is 0 Å². The average molecular weight is 292 g/mol. The first kappa shape index (κ1) is 16.7. The molecule has 0 aliphatic heterocycles. The number of amides is 2. The van der Waals surface area contributed by atoms with E-state index in [1.807, 2.05) is 6.92 Å². The first-order valence-electron chi connectivity index (χ1n) is 6.81. The van der Waals surface area contributed by atoms with Gasteiger partial charge in [0.05, 0.1) is 6.42 Å². The summed E-state index contributed by atoms with van der Waals surface area (Å²) in [7, 11) is 0. The quantitative estimate of drug-likeness (QED) is 0.710. The van der Waals surface area contributed by atoms with Crippen molar-refractivity contribution in [2.45, 2.75) is 39.2 Å². The summed E-state index contributed by atoms with van der Waals surface area (Å²) in [6.45, 7) is 3.28. The number of carboxylic acids is 1. The number of rotatable bonds is 7. The number of aliphatic carboxylic acids is 1. The highest BCUT2D eigenvalue weighted by atomic mass is 16.4. The number of nitrogens with one attached hydrogen (secondary N) is 2. The Hall–Kier alpha value is -2.37. The smallest absolute Gasteiger partial charge is 0.326 e. The van der Waals surface area contributed by atoms with Crippen molar-refractivity contribution in [2.24, 2.45) is 0 Å². The molecule has 0 aliphatic carbocycles. The molecular formula is C15H20N2O4. The molecule has 2 amide bonds. The molecule has 0 saturated carbocycles. The standard InChI is InChI=1S/C15H20N2O4/c1-3-4-13(15(20)21)17-14(19)9-11-5-7-12(8-6-11)16-10(2)18/h5-8,13H,3-4,9H2,1-2H3,(H,16,18)(H,17,19)(H,20,21)/t13-/m0/s1. The first-order valence-corrected chi connectivity index (χ1v) is 6.81. The van der Waals surface area contributed by atoms with Crippen LogP contribution in [0.1, 0.15) is 32.3 Å². The lowest BCUT2D eigenvalue weighted by molar-refractivity contribution is -0.141. The molecule has 0 unspecified atom stereocenters. The van der Waals surface area contributed by atoms with Crippen LogP contribution in [-0.2, 0) is 20.8 Å². The molecule has 21 heavy (non-hydrogen) atoms. The second-order valence-electron chi connectivity index (χ2n) is 4.80. The molecule has 1 aromatic rings. The fourth-order valence-corrected chi connectivity index (χ4v) is 1.89. The van der Waals surface area contributed by atoms with Crippen LogP contribution >= 0.6 is 0 Å². The summed E-state index contributed by atoms with van der Waals surface area (Å²) in [6, 6.07) is 6.00. The van der Waals surface area contributed by atoms with Gasteiger partial charge in [-0.3, -0.25) is 9.59 Å². The second kappa shape index (κ2) is 8.04. The molecule has 0 heterocycles. The van der Waals surface area contributed by atoms with E-state index >= 15 is 0 Å². The molecule has 0 spiro atoms. The molecule has 1 rings (SSSR count). The lowest BCUT2D eigenvalue weighted by Gasteiger charge is -2.13. The number of hydrogen-bond acceptors (Lipinski definition) is 3. The third-order valence-electron chi connectivity index (χ3n) is 2.85. The summed E-state index contributed by atoms with van der Waals surface area (Å²) in [5.74, 6) is -1.52. The van der Waals surface area contributed by atoms with Gasteiger partial charge >= 0.3 is 5.97 Å². The van der Waals surface area contributed by atoms with Crippen LogP contribution in [0.5, 0.6) is 0 Å². The molecule has 1 aromatic carbocycles. The van der Waals surface area contributed by atoms with Gasteiger partial charge < -0.3 is 15.7 Å². The van der Waals surface area contributed by atoms with Crippen LogP contribution in [0.25, 0.3) is 0 Å². The fourth-order valence-electron chi connectivity index (χ4n) is 1.89. The number of carbonyl (C=O) groups excluding carboxylic acids is 2. The molecule has 0 aromatic heterocycles. The van der Waals surface area contributed by atoms with E-state index in [9.17, 15) is 14.4 Å². The molecule has 0 radical (unpaired) electrons. The first-order chi connectivity index (χ1) is 9.92. The zero-order chi connectivity index (χ0) is 15.8. The second-order valence-corrected chi connectivity index (χ2v) is 4.80. The van der Waals surface area contributed by atoms with Crippen LogP contribution in [0, 0.1) is 0 Å². The maximum Gasteiger partial charge on any atom is 0.326 e. The minimum absolute atomic E-state index is 0.105. The maximum atomic E-state index is 11.8. The Morgan fingerprint density at radius 3 is 2.29 bits per heavy atom. The Balaban J connectivity index is 2.57. The molecule has 0 aliphatic rings. The number of carboxylic acid groups (broad SMARTS) is 1. The van der Waals surface area contributed by atoms with Crippen molar-refractivity contribution in [3.05, 3.63) is 29.8 Å². The SMILES string of the molecule is CCC[C@H](NC(=O)Cc1ccc(NC(C)=O)cc1)C(=O)O. The van der Waals surface area contributed by atoms with Gasteiger partial charge in [-0.15, -0.1) is 0 Å².